The number of rotatable bonds is 4. The number of carbonyl (C=O) groups excluding carboxylic acids is 1. The van der Waals surface area contributed by atoms with Crippen molar-refractivity contribution >= 4 is 43.6 Å². The fraction of sp³-hybridized carbons (Fsp3) is 0.250. The number of benzene rings is 1. The molecule has 1 aromatic rings. The van der Waals surface area contributed by atoms with Crippen LogP contribution in [0.3, 0.4) is 0 Å². The lowest BCUT2D eigenvalue weighted by atomic mass is 10.1. The Balaban J connectivity index is 1.87. The van der Waals surface area contributed by atoms with Gasteiger partial charge in [0.05, 0.1) is 24.9 Å². The number of aliphatic imine (C=N–C) groups is 1. The highest BCUT2D eigenvalue weighted by molar-refractivity contribution is 9.13. The van der Waals surface area contributed by atoms with E-state index in [0.717, 1.165) is 20.4 Å². The normalized spacial score (nSPS) is 20.5. The number of ether oxygens (including phenoxy) is 1. The van der Waals surface area contributed by atoms with Gasteiger partial charge in [0.2, 0.25) is 0 Å². The largest absolute Gasteiger partial charge is 0.504 e. The molecule has 0 radical (unpaired) electrons. The summed E-state index contributed by atoms with van der Waals surface area (Å²) in [5.74, 6) is 0.477. The van der Waals surface area contributed by atoms with Crippen LogP contribution in [0.25, 0.3) is 0 Å². The summed E-state index contributed by atoms with van der Waals surface area (Å²) in [6.45, 7) is 2.58. The average Bonchev–Trinajstić information content (AvgIpc) is 2.92. The molecule has 3 rings (SSSR count). The predicted octanol–water partition coefficient (Wildman–Crippen LogP) is 3.39. The number of nitrogens with one attached hydrogen (secondary N) is 2. The van der Waals surface area contributed by atoms with Crippen LogP contribution in [0.15, 0.2) is 43.9 Å². The molecule has 0 saturated carbocycles. The van der Waals surface area contributed by atoms with Crippen LogP contribution in [-0.2, 0) is 6.54 Å². The first-order valence-electron chi connectivity index (χ1n) is 7.34. The Bertz CT molecular complexity index is 787. The SMILES string of the molecule is CCOc1cc(Br)c(Br)c(CN=C2C=CC3NC(=O)NC3=C2)c1O. The second kappa shape index (κ2) is 6.98. The zero-order chi connectivity index (χ0) is 17.3. The number of fused-ring (bicyclic) bond motifs is 1. The maximum atomic E-state index is 11.3. The number of urea groups is 1. The maximum absolute atomic E-state index is 11.3. The van der Waals surface area contributed by atoms with Crippen LogP contribution >= 0.6 is 31.9 Å². The minimum absolute atomic E-state index is 0.0671. The summed E-state index contributed by atoms with van der Waals surface area (Å²) in [4.78, 5) is 15.8. The molecular formula is C16H15Br2N3O3. The highest BCUT2D eigenvalue weighted by Gasteiger charge is 2.26. The van der Waals surface area contributed by atoms with Gasteiger partial charge in [0.15, 0.2) is 11.5 Å². The van der Waals surface area contributed by atoms with Crippen molar-refractivity contribution in [1.82, 2.24) is 10.6 Å². The first-order valence-corrected chi connectivity index (χ1v) is 8.92. The van der Waals surface area contributed by atoms with Crippen LogP contribution in [0.4, 0.5) is 4.79 Å². The van der Waals surface area contributed by atoms with E-state index in [2.05, 4.69) is 47.5 Å². The van der Waals surface area contributed by atoms with Gasteiger partial charge in [-0.3, -0.25) is 4.99 Å². The number of phenolic OH excluding ortho intramolecular Hbond substituents is 1. The third-order valence-corrected chi connectivity index (χ3v) is 5.68. The fourth-order valence-electron chi connectivity index (χ4n) is 2.47. The summed E-state index contributed by atoms with van der Waals surface area (Å²) in [5, 5.41) is 15.9. The van der Waals surface area contributed by atoms with Crippen LogP contribution in [-0.4, -0.2) is 29.5 Å². The molecule has 3 N–H and O–H groups in total. The minimum Gasteiger partial charge on any atom is -0.504 e. The maximum Gasteiger partial charge on any atom is 0.319 e. The van der Waals surface area contributed by atoms with E-state index < -0.39 is 0 Å². The molecule has 1 atom stereocenters. The monoisotopic (exact) mass is 455 g/mol. The smallest absolute Gasteiger partial charge is 0.319 e. The number of carbonyl (C=O) groups is 1. The second-order valence-corrected chi connectivity index (χ2v) is 6.85. The first kappa shape index (κ1) is 17.0. The zero-order valence-corrected chi connectivity index (χ0v) is 15.9. The lowest BCUT2D eigenvalue weighted by molar-refractivity contribution is 0.248. The van der Waals surface area contributed by atoms with E-state index in [-0.39, 0.29) is 24.4 Å². The van der Waals surface area contributed by atoms with Gasteiger partial charge in [0.1, 0.15) is 0 Å². The van der Waals surface area contributed by atoms with Crippen molar-refractivity contribution in [2.45, 2.75) is 19.5 Å². The number of aromatic hydroxyl groups is 1. The van der Waals surface area contributed by atoms with E-state index in [4.69, 9.17) is 4.74 Å². The fourth-order valence-corrected chi connectivity index (χ4v) is 3.34. The Morgan fingerprint density at radius 2 is 2.21 bits per heavy atom. The average molecular weight is 457 g/mol. The molecule has 6 nitrogen and oxygen atoms in total. The summed E-state index contributed by atoms with van der Waals surface area (Å²) in [6.07, 6.45) is 5.52. The highest BCUT2D eigenvalue weighted by atomic mass is 79.9. The molecule has 1 aromatic carbocycles. The quantitative estimate of drug-likeness (QED) is 0.649. The molecule has 0 bridgehead atoms. The van der Waals surface area contributed by atoms with E-state index in [1.807, 2.05) is 25.2 Å². The number of hydrogen-bond donors (Lipinski definition) is 3. The van der Waals surface area contributed by atoms with Gasteiger partial charge in [-0.1, -0.05) is 6.08 Å². The number of phenols is 1. The Morgan fingerprint density at radius 3 is 2.96 bits per heavy atom. The van der Waals surface area contributed by atoms with Crippen molar-refractivity contribution in [1.29, 1.82) is 0 Å². The number of nitrogens with zero attached hydrogens (tertiary/aromatic N) is 1. The van der Waals surface area contributed by atoms with Gasteiger partial charge in [0, 0.05) is 20.2 Å². The molecule has 1 aliphatic carbocycles. The Hall–Kier alpha value is -1.80. The van der Waals surface area contributed by atoms with Crippen LogP contribution in [0.2, 0.25) is 0 Å². The number of hydrogen-bond acceptors (Lipinski definition) is 4. The Morgan fingerprint density at radius 1 is 1.42 bits per heavy atom. The van der Waals surface area contributed by atoms with Gasteiger partial charge in [-0.15, -0.1) is 0 Å². The summed E-state index contributed by atoms with van der Waals surface area (Å²) >= 11 is 6.90. The summed E-state index contributed by atoms with van der Waals surface area (Å²) in [7, 11) is 0. The molecule has 2 aliphatic rings. The minimum atomic E-state index is -0.217. The van der Waals surface area contributed by atoms with Crippen LogP contribution in [0.5, 0.6) is 11.5 Å². The second-order valence-electron chi connectivity index (χ2n) is 5.21. The third kappa shape index (κ3) is 3.34. The van der Waals surface area contributed by atoms with Crippen LogP contribution < -0.4 is 15.4 Å². The van der Waals surface area contributed by atoms with Crippen molar-refractivity contribution in [3.63, 3.8) is 0 Å². The molecule has 1 fully saturated rings. The molecule has 0 spiro atoms. The van der Waals surface area contributed by atoms with Crippen molar-refractivity contribution < 1.29 is 14.6 Å². The number of amides is 2. The van der Waals surface area contributed by atoms with Gasteiger partial charge in [-0.25, -0.2) is 4.79 Å². The van der Waals surface area contributed by atoms with Crippen LogP contribution in [0.1, 0.15) is 12.5 Å². The van der Waals surface area contributed by atoms with Gasteiger partial charge < -0.3 is 20.5 Å². The van der Waals surface area contributed by atoms with Gasteiger partial charge in [-0.05, 0) is 57.0 Å². The first-order chi connectivity index (χ1) is 11.5. The van der Waals surface area contributed by atoms with Crippen molar-refractivity contribution in [3.05, 3.63) is 44.5 Å². The highest BCUT2D eigenvalue weighted by Crippen LogP contribution is 2.41. The summed E-state index contributed by atoms with van der Waals surface area (Å²) in [6, 6.07) is 1.38. The summed E-state index contributed by atoms with van der Waals surface area (Å²) < 4.78 is 6.95. The van der Waals surface area contributed by atoms with E-state index >= 15 is 0 Å². The molecule has 1 unspecified atom stereocenters. The molecule has 1 aliphatic heterocycles. The standard InChI is InChI=1S/C16H15Br2N3O3/c1-2-24-13-6-10(17)14(18)9(15(13)22)7-19-8-3-4-11-12(5-8)21-16(23)20-11/h3-6,11,22H,2,7H2,1H3,(H2,20,21,23). The third-order valence-electron chi connectivity index (χ3n) is 3.61. The van der Waals surface area contributed by atoms with Crippen LogP contribution in [0, 0.1) is 0 Å². The van der Waals surface area contributed by atoms with E-state index in [0.29, 0.717) is 17.9 Å². The van der Waals surface area contributed by atoms with E-state index in [9.17, 15) is 9.90 Å². The zero-order valence-electron chi connectivity index (χ0n) is 12.8. The molecule has 0 aromatic heterocycles. The molecule has 24 heavy (non-hydrogen) atoms. The number of allylic oxidation sites excluding steroid dienone is 2. The lowest BCUT2D eigenvalue weighted by Crippen LogP contribution is -2.25. The molecule has 126 valence electrons. The topological polar surface area (TPSA) is 83.0 Å². The summed E-state index contributed by atoms with van der Waals surface area (Å²) in [5.41, 5.74) is 2.12. The predicted molar refractivity (Wildman–Crippen MR) is 98.5 cm³/mol. The van der Waals surface area contributed by atoms with Gasteiger partial charge >= 0.3 is 6.03 Å². The number of halogens is 2. The Kier molecular flexibility index (Phi) is 4.96. The van der Waals surface area contributed by atoms with Crippen molar-refractivity contribution in [3.8, 4) is 11.5 Å². The van der Waals surface area contributed by atoms with E-state index in [1.165, 1.54) is 0 Å². The Labute approximate surface area is 155 Å². The van der Waals surface area contributed by atoms with Gasteiger partial charge in [0.25, 0.3) is 0 Å². The van der Waals surface area contributed by atoms with Crippen molar-refractivity contribution in [2.75, 3.05) is 6.61 Å². The molecule has 1 heterocycles. The molecule has 1 saturated heterocycles. The lowest BCUT2D eigenvalue weighted by Gasteiger charge is -2.14. The molecule has 2 amide bonds. The van der Waals surface area contributed by atoms with E-state index in [1.54, 1.807) is 6.07 Å². The molecular weight excluding hydrogens is 442 g/mol. The molecule has 8 heteroatoms. The van der Waals surface area contributed by atoms with Gasteiger partial charge in [-0.2, -0.15) is 0 Å². The van der Waals surface area contributed by atoms with Crippen molar-refractivity contribution in [2.24, 2.45) is 4.99 Å².